The number of nitrogens with zero attached hydrogens (tertiary/aromatic N) is 15. The van der Waals surface area contributed by atoms with Gasteiger partial charge in [0.05, 0.1) is 91.8 Å². The van der Waals surface area contributed by atoms with Crippen molar-refractivity contribution in [1.29, 1.82) is 0 Å². The molecule has 670 valence electrons. The summed E-state index contributed by atoms with van der Waals surface area (Å²) < 4.78 is 11.9. The zero-order chi connectivity index (χ0) is 86.0. The van der Waals surface area contributed by atoms with Gasteiger partial charge in [-0.15, -0.1) is 0 Å². The molecule has 15 aliphatic heterocycles. The summed E-state index contributed by atoms with van der Waals surface area (Å²) in [5.41, 5.74) is 27.5. The number of hydrogen-bond donors (Lipinski definition) is 2. The van der Waals surface area contributed by atoms with Crippen LogP contribution >= 0.6 is 22.6 Å². The molecule has 20 heterocycles. The lowest BCUT2D eigenvalue weighted by atomic mass is 9.66. The first-order chi connectivity index (χ1) is 61.3. The SMILES string of the molecule is C.C.C.CCC1=C[C@]2(CC)CCCN3CCc4c(n1c1ccccc41)[C@@H]32.CC[C@@]12C=C(CO)n3c4c(c5ccccc53)CCN(CCC1)[C@H]42.CI.[C-]#[N+]/C(=N\O)C1=C[C@]2(CC)CCCN3CCc4c(n1c1ccccc41)[C@@H]32.[C-]#[N+]/C(=N\OC)C1=C[C@]2(CC)CCCN3CCc4c(n1c1ccccc41)[C@@H]32.[C-]#[N+]CC1=C[C@]2(CC)CCCN3CCc4c(n1c1ccccc41)[C@@H]32. The zero-order valence-electron chi connectivity index (χ0n) is 74.5. The monoisotopic (exact) mass is 1830 g/mol. The Hall–Kier alpha value is -9.60. The van der Waals surface area contributed by atoms with E-state index in [2.05, 4.69) is 282 Å². The van der Waals surface area contributed by atoms with Crippen LogP contribution in [0, 0.1) is 46.8 Å². The summed E-state index contributed by atoms with van der Waals surface area (Å²) >= 11 is 2.15. The van der Waals surface area contributed by atoms with E-state index >= 15 is 0 Å². The molecule has 5 saturated heterocycles. The van der Waals surface area contributed by atoms with Crippen LogP contribution in [0.4, 0.5) is 0 Å². The van der Waals surface area contributed by atoms with Gasteiger partial charge in [0, 0.05) is 127 Å². The molecule has 5 aromatic carbocycles. The van der Waals surface area contributed by atoms with Gasteiger partial charge in [0.2, 0.25) is 0 Å². The summed E-state index contributed by atoms with van der Waals surface area (Å²) in [7, 11) is 1.51. The number of piperidine rings is 5. The molecule has 0 unspecified atom stereocenters. The van der Waals surface area contributed by atoms with E-state index in [4.69, 9.17) is 24.6 Å². The van der Waals surface area contributed by atoms with E-state index in [1.165, 1.54) is 217 Å². The Kier molecular flexibility index (Phi) is 25.4. The van der Waals surface area contributed by atoms with Crippen molar-refractivity contribution in [2.24, 2.45) is 37.4 Å². The molecule has 128 heavy (non-hydrogen) atoms. The van der Waals surface area contributed by atoms with Gasteiger partial charge in [0.25, 0.3) is 6.54 Å². The van der Waals surface area contributed by atoms with Crippen molar-refractivity contribution in [1.82, 2.24) is 47.3 Å². The van der Waals surface area contributed by atoms with Crippen molar-refractivity contribution in [3.8, 4) is 0 Å². The van der Waals surface area contributed by atoms with E-state index in [-0.39, 0.29) is 56.4 Å². The second-order valence-electron chi connectivity index (χ2n) is 38.0. The molecule has 10 atom stereocenters. The van der Waals surface area contributed by atoms with Crippen molar-refractivity contribution >= 4 is 117 Å². The van der Waals surface area contributed by atoms with Crippen LogP contribution < -0.4 is 0 Å². The molecule has 0 radical (unpaired) electrons. The van der Waals surface area contributed by atoms with Gasteiger partial charge in [-0.25, -0.2) is 6.57 Å². The molecule has 19 heteroatoms. The molecule has 5 aromatic heterocycles. The Morgan fingerprint density at radius 3 is 0.930 bits per heavy atom. The molecule has 0 aliphatic carbocycles. The number of oxime groups is 2. The average Bonchev–Trinajstić information content (AvgIpc) is 1.54. The normalized spacial score (nSPS) is 27.3. The van der Waals surface area contributed by atoms with Gasteiger partial charge >= 0.3 is 11.7 Å². The number of amidine groups is 2. The Morgan fingerprint density at radius 2 is 0.648 bits per heavy atom. The molecule has 0 bridgehead atoms. The molecule has 18 nitrogen and oxygen atoms in total. The van der Waals surface area contributed by atoms with Crippen LogP contribution in [0.1, 0.15) is 253 Å². The fourth-order valence-corrected chi connectivity index (χ4v) is 28.0. The topological polar surface area (TPSA) is 128 Å². The lowest BCUT2D eigenvalue weighted by molar-refractivity contribution is 0.0263. The summed E-state index contributed by atoms with van der Waals surface area (Å²) in [4.78, 5) is 31.5. The van der Waals surface area contributed by atoms with Gasteiger partial charge in [-0.2, -0.15) is 0 Å². The predicted molar refractivity (Wildman–Crippen MR) is 537 cm³/mol. The maximum Gasteiger partial charge on any atom is 0.338 e. The fourth-order valence-electron chi connectivity index (χ4n) is 28.0. The highest BCUT2D eigenvalue weighted by Crippen LogP contribution is 2.64. The molecule has 0 saturated carbocycles. The fraction of sp³-hybridized carbons (Fsp3) is 0.495. The Balaban J connectivity index is 0.000000111. The maximum atomic E-state index is 10.1. The third-order valence-corrected chi connectivity index (χ3v) is 33.2. The number of allylic oxidation sites excluding steroid dienone is 1. The number of aromatic nitrogens is 5. The summed E-state index contributed by atoms with van der Waals surface area (Å²) in [5, 5.41) is 33.9. The van der Waals surface area contributed by atoms with Gasteiger partial charge < -0.3 is 52.5 Å². The summed E-state index contributed by atoms with van der Waals surface area (Å²) in [6, 6.07) is 46.0. The van der Waals surface area contributed by atoms with Gasteiger partial charge in [0.15, 0.2) is 0 Å². The largest absolute Gasteiger partial charge is 0.390 e. The van der Waals surface area contributed by atoms with Crippen molar-refractivity contribution in [3.05, 3.63) is 242 Å². The van der Waals surface area contributed by atoms with E-state index < -0.39 is 0 Å². The molecule has 0 spiro atoms. The third-order valence-electron chi connectivity index (χ3n) is 33.2. The van der Waals surface area contributed by atoms with Crippen LogP contribution in [0.3, 0.4) is 0 Å². The van der Waals surface area contributed by atoms with Gasteiger partial charge in [-0.1, -0.05) is 215 Å². The highest BCUT2D eigenvalue weighted by molar-refractivity contribution is 14.1. The maximum absolute atomic E-state index is 10.1. The smallest absolute Gasteiger partial charge is 0.338 e. The molecule has 2 N–H and O–H groups in total. The van der Waals surface area contributed by atoms with Crippen LogP contribution in [0.5, 0.6) is 0 Å². The number of benzene rings is 5. The first kappa shape index (κ1) is 90.3. The number of fused-ring (bicyclic) bond motifs is 15. The van der Waals surface area contributed by atoms with Crippen LogP contribution in [0.15, 0.2) is 162 Å². The van der Waals surface area contributed by atoms with Crippen LogP contribution in [-0.2, 0) is 36.9 Å². The van der Waals surface area contributed by atoms with E-state index in [0.717, 1.165) is 113 Å². The second kappa shape index (κ2) is 35.9. The number of alkyl halides is 1. The van der Waals surface area contributed by atoms with Crippen LogP contribution in [0.2, 0.25) is 0 Å². The van der Waals surface area contributed by atoms with E-state index in [9.17, 15) is 10.3 Å². The van der Waals surface area contributed by atoms with Gasteiger partial charge in [0.1, 0.15) is 7.11 Å². The Labute approximate surface area is 773 Å². The lowest BCUT2D eigenvalue weighted by Crippen LogP contribution is -2.51. The summed E-state index contributed by atoms with van der Waals surface area (Å²) in [6.45, 7) is 49.1. The number of aliphatic hydroxyl groups excluding tert-OH is 1. The van der Waals surface area contributed by atoms with Crippen molar-refractivity contribution in [2.75, 3.05) is 90.6 Å². The van der Waals surface area contributed by atoms with E-state index in [1.54, 1.807) is 16.8 Å². The zero-order valence-corrected chi connectivity index (χ0v) is 76.7. The molecular weight excluding hydrogens is 1690 g/mol. The lowest BCUT2D eigenvalue weighted by Gasteiger charge is -2.53. The first-order valence-electron chi connectivity index (χ1n) is 47.2. The molecule has 15 aliphatic rings. The number of rotatable bonds is 11. The minimum absolute atomic E-state index is 0. The van der Waals surface area contributed by atoms with Gasteiger partial charge in [-0.3, -0.25) is 24.5 Å². The minimum atomic E-state index is 0. The number of halogens is 1. The molecule has 10 aromatic rings. The average molecular weight is 1830 g/mol. The van der Waals surface area contributed by atoms with Crippen molar-refractivity contribution in [2.45, 2.75) is 229 Å². The summed E-state index contributed by atoms with van der Waals surface area (Å²) in [5.74, 6) is 0.428. The molecular formula is C109H134IN15O3. The molecule has 25 rings (SSSR count). The minimum Gasteiger partial charge on any atom is -0.390 e. The van der Waals surface area contributed by atoms with Crippen molar-refractivity contribution in [3.63, 3.8) is 0 Å². The second-order valence-corrected chi connectivity index (χ2v) is 38.0. The highest BCUT2D eigenvalue weighted by Gasteiger charge is 2.57. The standard InChI is InChI=1S/C22H24N4O.C21H22N4O.C21H23N3.C21H26N2.C20H24N2O.CH3I.3CH4/c1-4-22-11-7-12-25-13-10-16-15-8-5-6-9-17(15)26(19(16)20(22)25)18(14-22)21(23-2)24-27-3;1-3-21-10-6-11-24-12-9-15-14-7-4-5-8-16(14)25(18(15)19(21)24)17(13-21)20(22-2)23-26;1-3-21-10-6-11-23-12-9-17-16-7-4-5-8-18(16)24(19(17)20(21)23)15(13-21)14-22-2;1-3-15-14-21(4-2)11-7-12-22-13-10-17-16-8-5-6-9-18(16)23(15)19(17)20(21)22;1-2-20-9-5-10-21-11-8-16-15-6-3-4-7-17(15)22(14(12-20)13-23)18(16)19(20)21;1-2;;;/h5-6,8-9,14,20H,4,7,10-13H2,1,3H3;4-5,7-8,13,19,26H,3,6,9-12H2,1H3;4-5,7-8,13,20H,3,6,9-12,14H2,1H3;5-6,8-9,14,20H,3-4,7,10-13H2,1-2H3;3-4,6-7,12,19,23H,2,5,8-11,13H2,1H3;1H3;3*1H4/b24-21-;23-20-;;;;;;;/t20-,22+;19-,21+;2*20-,21+;19-,20+;;;;/m11111..../s1. The van der Waals surface area contributed by atoms with Gasteiger partial charge in [-0.05, 0) is 237 Å². The third kappa shape index (κ3) is 13.5. The number of aliphatic hydroxyl groups is 1. The van der Waals surface area contributed by atoms with Crippen LogP contribution in [-0.4, -0.2) is 160 Å². The highest BCUT2D eigenvalue weighted by atomic mass is 127. The quantitative estimate of drug-likeness (QED) is 0.0249. The van der Waals surface area contributed by atoms with Crippen molar-refractivity contribution < 1.29 is 15.2 Å². The van der Waals surface area contributed by atoms with E-state index in [0.29, 0.717) is 48.0 Å². The predicted octanol–water partition coefficient (Wildman–Crippen LogP) is 24.8. The Bertz CT molecular complexity index is 6190. The van der Waals surface area contributed by atoms with Crippen LogP contribution in [0.25, 0.3) is 97.5 Å². The molecule has 5 fully saturated rings. The number of hydrogen-bond acceptors (Lipinski definition) is 10. The first-order valence-corrected chi connectivity index (χ1v) is 49.3. The van der Waals surface area contributed by atoms with E-state index in [1.807, 2.05) is 11.0 Å². The summed E-state index contributed by atoms with van der Waals surface area (Å²) in [6.07, 6.45) is 37.0. The number of para-hydroxylation sites is 5. The molecule has 0 amide bonds. The Morgan fingerprint density at radius 1 is 0.383 bits per heavy atom.